The van der Waals surface area contributed by atoms with Gasteiger partial charge in [-0.15, -0.1) is 0 Å². The lowest BCUT2D eigenvalue weighted by molar-refractivity contribution is 0.0447. The molecule has 0 aliphatic heterocycles. The maximum atomic E-state index is 13.7. The van der Waals surface area contributed by atoms with E-state index in [4.69, 9.17) is 14.2 Å². The molecular weight excluding hydrogens is 342 g/mol. The summed E-state index contributed by atoms with van der Waals surface area (Å²) in [4.78, 5) is 15.9. The summed E-state index contributed by atoms with van der Waals surface area (Å²) in [6, 6.07) is 4.30. The van der Waals surface area contributed by atoms with Gasteiger partial charge in [0.1, 0.15) is 0 Å². The minimum Gasteiger partial charge on any atom is -0.493 e. The van der Waals surface area contributed by atoms with Gasteiger partial charge in [0.15, 0.2) is 11.5 Å². The van der Waals surface area contributed by atoms with Gasteiger partial charge in [-0.3, -0.25) is 4.79 Å². The molecule has 150 valence electrons. The van der Waals surface area contributed by atoms with Crippen LogP contribution in [0.2, 0.25) is 0 Å². The largest absolute Gasteiger partial charge is 0.493 e. The van der Waals surface area contributed by atoms with Crippen molar-refractivity contribution < 1.29 is 19.0 Å². The van der Waals surface area contributed by atoms with Gasteiger partial charge < -0.3 is 19.1 Å². The first-order valence-corrected chi connectivity index (χ1v) is 10.3. The van der Waals surface area contributed by atoms with Crippen LogP contribution >= 0.6 is 0 Å². The molecule has 0 saturated heterocycles. The Morgan fingerprint density at radius 1 is 0.778 bits per heavy atom. The Morgan fingerprint density at radius 3 is 1.59 bits per heavy atom. The van der Waals surface area contributed by atoms with Crippen molar-refractivity contribution in [3.63, 3.8) is 0 Å². The molecule has 1 aromatic rings. The smallest absolute Gasteiger partial charge is 0.254 e. The number of hydrogen-bond donors (Lipinski definition) is 0. The Hall–Kier alpha value is -1.91. The number of amides is 1. The molecule has 2 aliphatic rings. The summed E-state index contributed by atoms with van der Waals surface area (Å²) in [7, 11) is 4.76. The van der Waals surface area contributed by atoms with Gasteiger partial charge in [0.05, 0.1) is 21.3 Å². The van der Waals surface area contributed by atoms with Gasteiger partial charge >= 0.3 is 0 Å². The predicted octanol–water partition coefficient (Wildman–Crippen LogP) is 4.82. The summed E-state index contributed by atoms with van der Waals surface area (Å²) < 4.78 is 16.3. The second-order valence-electron chi connectivity index (χ2n) is 7.71. The van der Waals surface area contributed by atoms with Crippen molar-refractivity contribution in [3.8, 4) is 17.2 Å². The zero-order valence-electron chi connectivity index (χ0n) is 17.0. The first-order chi connectivity index (χ1) is 13.2. The molecule has 0 heterocycles. The number of carbonyl (C=O) groups excluding carboxylic acids is 1. The van der Waals surface area contributed by atoms with Crippen LogP contribution in [0.5, 0.6) is 17.2 Å². The van der Waals surface area contributed by atoms with Crippen LogP contribution in [0.25, 0.3) is 0 Å². The zero-order chi connectivity index (χ0) is 19.2. The number of rotatable bonds is 6. The highest BCUT2D eigenvalue weighted by molar-refractivity contribution is 5.96. The molecule has 0 spiro atoms. The van der Waals surface area contributed by atoms with Crippen LogP contribution in [0.15, 0.2) is 12.1 Å². The maximum Gasteiger partial charge on any atom is 0.254 e. The van der Waals surface area contributed by atoms with Crippen LogP contribution in [-0.4, -0.2) is 44.2 Å². The summed E-state index contributed by atoms with van der Waals surface area (Å²) in [6.07, 6.45) is 11.9. The van der Waals surface area contributed by atoms with Gasteiger partial charge in [0.25, 0.3) is 5.91 Å². The van der Waals surface area contributed by atoms with E-state index in [0.29, 0.717) is 34.9 Å². The van der Waals surface area contributed by atoms with E-state index in [2.05, 4.69) is 4.90 Å². The fraction of sp³-hybridized carbons (Fsp3) is 0.682. The topological polar surface area (TPSA) is 48.0 Å². The van der Waals surface area contributed by atoms with Gasteiger partial charge in [-0.2, -0.15) is 0 Å². The first kappa shape index (κ1) is 19.8. The van der Waals surface area contributed by atoms with Crippen LogP contribution in [0, 0.1) is 0 Å². The highest BCUT2D eigenvalue weighted by Crippen LogP contribution is 2.39. The molecule has 1 amide bonds. The fourth-order valence-corrected chi connectivity index (χ4v) is 4.70. The predicted molar refractivity (Wildman–Crippen MR) is 106 cm³/mol. The molecule has 0 radical (unpaired) electrons. The van der Waals surface area contributed by atoms with Crippen molar-refractivity contribution in [1.29, 1.82) is 0 Å². The molecule has 0 unspecified atom stereocenters. The SMILES string of the molecule is COc1cc(C(=O)N(C2CCCCC2)C2CCCCC2)cc(OC)c1OC. The van der Waals surface area contributed by atoms with E-state index in [1.54, 1.807) is 33.5 Å². The van der Waals surface area contributed by atoms with Crippen molar-refractivity contribution in [2.45, 2.75) is 76.3 Å². The minimum atomic E-state index is 0.105. The third kappa shape index (κ3) is 4.33. The number of carbonyl (C=O) groups is 1. The average Bonchev–Trinajstić information content (AvgIpc) is 2.74. The summed E-state index contributed by atoms with van der Waals surface area (Å²) in [5.41, 5.74) is 0.626. The number of ether oxygens (including phenoxy) is 3. The Bertz CT molecular complexity index is 590. The van der Waals surface area contributed by atoms with Gasteiger partial charge in [0, 0.05) is 17.6 Å². The van der Waals surface area contributed by atoms with E-state index in [9.17, 15) is 4.79 Å². The minimum absolute atomic E-state index is 0.105. The van der Waals surface area contributed by atoms with E-state index >= 15 is 0 Å². The molecule has 5 heteroatoms. The second-order valence-corrected chi connectivity index (χ2v) is 7.71. The number of hydrogen-bond acceptors (Lipinski definition) is 4. The number of benzene rings is 1. The third-order valence-corrected chi connectivity index (χ3v) is 6.08. The van der Waals surface area contributed by atoms with Gasteiger partial charge in [-0.25, -0.2) is 0 Å². The van der Waals surface area contributed by atoms with Crippen LogP contribution in [0.4, 0.5) is 0 Å². The average molecular weight is 376 g/mol. The van der Waals surface area contributed by atoms with Crippen LogP contribution in [0.3, 0.4) is 0 Å². The zero-order valence-corrected chi connectivity index (χ0v) is 17.0. The molecule has 1 aromatic carbocycles. The molecular formula is C22H33NO4. The van der Waals surface area contributed by atoms with E-state index < -0.39 is 0 Å². The summed E-state index contributed by atoms with van der Waals surface area (Å²) >= 11 is 0. The van der Waals surface area contributed by atoms with Crippen molar-refractivity contribution in [1.82, 2.24) is 4.90 Å². The van der Waals surface area contributed by atoms with Crippen molar-refractivity contribution in [3.05, 3.63) is 17.7 Å². The normalized spacial score (nSPS) is 18.8. The Morgan fingerprint density at radius 2 is 1.22 bits per heavy atom. The Kier molecular flexibility index (Phi) is 6.86. The summed E-state index contributed by atoms with van der Waals surface area (Å²) in [5, 5.41) is 0. The van der Waals surface area contributed by atoms with Crippen LogP contribution in [0.1, 0.15) is 74.6 Å². The lowest BCUT2D eigenvalue weighted by Crippen LogP contribution is -2.48. The number of nitrogens with zero attached hydrogens (tertiary/aromatic N) is 1. The second kappa shape index (κ2) is 9.34. The van der Waals surface area contributed by atoms with E-state index in [0.717, 1.165) is 25.7 Å². The lowest BCUT2D eigenvalue weighted by Gasteiger charge is -2.42. The monoisotopic (exact) mass is 375 g/mol. The molecule has 2 fully saturated rings. The molecule has 0 atom stereocenters. The lowest BCUT2D eigenvalue weighted by atomic mass is 9.88. The Balaban J connectivity index is 1.95. The van der Waals surface area contributed by atoms with Gasteiger partial charge in [-0.05, 0) is 37.8 Å². The van der Waals surface area contributed by atoms with Crippen LogP contribution < -0.4 is 14.2 Å². The van der Waals surface area contributed by atoms with E-state index in [1.165, 1.54) is 38.5 Å². The number of methoxy groups -OCH3 is 3. The van der Waals surface area contributed by atoms with Gasteiger partial charge in [0.2, 0.25) is 5.75 Å². The van der Waals surface area contributed by atoms with Crippen molar-refractivity contribution in [2.75, 3.05) is 21.3 Å². The molecule has 2 saturated carbocycles. The maximum absolute atomic E-state index is 13.7. The van der Waals surface area contributed by atoms with Crippen molar-refractivity contribution >= 4 is 5.91 Å². The van der Waals surface area contributed by atoms with Crippen LogP contribution in [-0.2, 0) is 0 Å². The standard InChI is InChI=1S/C22H33NO4/c1-25-19-14-16(15-20(26-2)21(19)27-3)22(24)23(17-10-6-4-7-11-17)18-12-8-5-9-13-18/h14-15,17-18H,4-13H2,1-3H3. The van der Waals surface area contributed by atoms with E-state index in [-0.39, 0.29) is 5.91 Å². The molecule has 5 nitrogen and oxygen atoms in total. The van der Waals surface area contributed by atoms with Gasteiger partial charge in [-0.1, -0.05) is 38.5 Å². The molecule has 27 heavy (non-hydrogen) atoms. The third-order valence-electron chi connectivity index (χ3n) is 6.08. The highest BCUT2D eigenvalue weighted by Gasteiger charge is 2.33. The molecule has 0 bridgehead atoms. The molecule has 2 aliphatic carbocycles. The first-order valence-electron chi connectivity index (χ1n) is 10.3. The quantitative estimate of drug-likeness (QED) is 0.715. The molecule has 3 rings (SSSR count). The molecule has 0 N–H and O–H groups in total. The van der Waals surface area contributed by atoms with E-state index in [1.807, 2.05) is 0 Å². The summed E-state index contributed by atoms with van der Waals surface area (Å²) in [6.45, 7) is 0. The Labute approximate surface area is 163 Å². The summed E-state index contributed by atoms with van der Waals surface area (Å²) in [5.74, 6) is 1.70. The highest BCUT2D eigenvalue weighted by atomic mass is 16.5. The fourth-order valence-electron chi connectivity index (χ4n) is 4.70. The van der Waals surface area contributed by atoms with Crippen molar-refractivity contribution in [2.24, 2.45) is 0 Å². The molecule has 0 aromatic heterocycles.